The molecule has 1 heterocycles. The number of benzene rings is 1. The molecule has 2 N–H and O–H groups in total. The van der Waals surface area contributed by atoms with Crippen LogP contribution in [0.3, 0.4) is 0 Å². The zero-order valence-electron chi connectivity index (χ0n) is 10.7. The van der Waals surface area contributed by atoms with Crippen molar-refractivity contribution in [2.24, 2.45) is 5.92 Å². The number of nitrogens with one attached hydrogen (secondary N) is 2. The van der Waals surface area contributed by atoms with E-state index in [9.17, 15) is 35.2 Å². The number of sulfone groups is 1. The van der Waals surface area contributed by atoms with Gasteiger partial charge in [-0.25, -0.2) is 30.4 Å². The van der Waals surface area contributed by atoms with Crippen molar-refractivity contribution in [1.82, 2.24) is 5.43 Å². The molecule has 1 amide bonds. The van der Waals surface area contributed by atoms with Crippen LogP contribution in [0.4, 0.5) is 27.6 Å². The molecule has 0 aliphatic carbocycles. The summed E-state index contributed by atoms with van der Waals surface area (Å²) in [5.74, 6) is -13.5. The molecule has 0 bridgehead atoms. The summed E-state index contributed by atoms with van der Waals surface area (Å²) < 4.78 is 87.7. The van der Waals surface area contributed by atoms with Crippen LogP contribution in [0.2, 0.25) is 0 Å². The molecule has 22 heavy (non-hydrogen) atoms. The molecule has 1 saturated heterocycles. The Balaban J connectivity index is 2.14. The van der Waals surface area contributed by atoms with Crippen molar-refractivity contribution in [2.45, 2.75) is 6.42 Å². The molecule has 0 saturated carbocycles. The van der Waals surface area contributed by atoms with Gasteiger partial charge >= 0.3 is 0 Å². The molecule has 1 aromatic carbocycles. The van der Waals surface area contributed by atoms with Gasteiger partial charge in [-0.15, -0.1) is 0 Å². The third-order valence-electron chi connectivity index (χ3n) is 3.12. The van der Waals surface area contributed by atoms with E-state index in [0.29, 0.717) is 0 Å². The van der Waals surface area contributed by atoms with E-state index in [1.165, 1.54) is 0 Å². The summed E-state index contributed by atoms with van der Waals surface area (Å²) in [7, 11) is -3.37. The number of halogens is 5. The Morgan fingerprint density at radius 3 is 1.91 bits per heavy atom. The van der Waals surface area contributed by atoms with Crippen molar-refractivity contribution in [1.29, 1.82) is 0 Å². The standard InChI is InChI=1S/C11H9F5N2O3S/c12-5-6(13)8(15)10(9(16)7(5)14)17-18-11(19)4-1-2-22(20,21)3-4/h4,17H,1-3H2,(H,18,19)/t4-/m0/s1. The van der Waals surface area contributed by atoms with E-state index in [1.54, 1.807) is 10.9 Å². The highest BCUT2D eigenvalue weighted by atomic mass is 32.2. The van der Waals surface area contributed by atoms with Gasteiger partial charge in [0.1, 0.15) is 5.69 Å². The Morgan fingerprint density at radius 2 is 1.45 bits per heavy atom. The van der Waals surface area contributed by atoms with E-state index in [4.69, 9.17) is 0 Å². The molecule has 0 radical (unpaired) electrons. The largest absolute Gasteiger partial charge is 0.293 e. The van der Waals surface area contributed by atoms with E-state index in [0.717, 1.165) is 0 Å². The normalized spacial score (nSPS) is 20.0. The van der Waals surface area contributed by atoms with Crippen molar-refractivity contribution in [2.75, 3.05) is 16.9 Å². The van der Waals surface area contributed by atoms with Crippen LogP contribution in [0, 0.1) is 35.0 Å². The molecule has 1 aliphatic heterocycles. The quantitative estimate of drug-likeness (QED) is 0.375. The first-order valence-corrected chi connectivity index (χ1v) is 7.74. The zero-order valence-corrected chi connectivity index (χ0v) is 11.5. The summed E-state index contributed by atoms with van der Waals surface area (Å²) in [4.78, 5) is 11.6. The van der Waals surface area contributed by atoms with E-state index >= 15 is 0 Å². The number of carbonyl (C=O) groups is 1. The van der Waals surface area contributed by atoms with Crippen molar-refractivity contribution < 1.29 is 35.2 Å². The van der Waals surface area contributed by atoms with Crippen LogP contribution >= 0.6 is 0 Å². The number of rotatable bonds is 3. The fourth-order valence-electron chi connectivity index (χ4n) is 1.94. The van der Waals surface area contributed by atoms with E-state index < -0.39 is 62.2 Å². The van der Waals surface area contributed by atoms with Crippen molar-refractivity contribution in [3.05, 3.63) is 29.1 Å². The fraction of sp³-hybridized carbons (Fsp3) is 0.364. The molecule has 0 unspecified atom stereocenters. The number of hydrogen-bond donors (Lipinski definition) is 2. The minimum absolute atomic E-state index is 0.00690. The lowest BCUT2D eigenvalue weighted by Crippen LogP contribution is -2.36. The third kappa shape index (κ3) is 2.98. The van der Waals surface area contributed by atoms with Gasteiger partial charge in [0.2, 0.25) is 11.7 Å². The van der Waals surface area contributed by atoms with Crippen LogP contribution in [0.5, 0.6) is 0 Å². The minimum Gasteiger partial charge on any atom is -0.293 e. The van der Waals surface area contributed by atoms with Crippen LogP contribution in [0.1, 0.15) is 6.42 Å². The second kappa shape index (κ2) is 5.71. The maximum absolute atomic E-state index is 13.3. The molecule has 2 rings (SSSR count). The van der Waals surface area contributed by atoms with Gasteiger partial charge < -0.3 is 0 Å². The molecule has 1 fully saturated rings. The first-order chi connectivity index (χ1) is 10.1. The van der Waals surface area contributed by atoms with Crippen LogP contribution in [-0.2, 0) is 14.6 Å². The van der Waals surface area contributed by atoms with Crippen LogP contribution in [-0.4, -0.2) is 25.8 Å². The number of anilines is 1. The van der Waals surface area contributed by atoms with Gasteiger partial charge in [-0.2, -0.15) is 0 Å². The summed E-state index contributed by atoms with van der Waals surface area (Å²) in [5.41, 5.74) is 1.92. The molecule has 0 spiro atoms. The van der Waals surface area contributed by atoms with Crippen molar-refractivity contribution in [3.63, 3.8) is 0 Å². The minimum atomic E-state index is -3.37. The first kappa shape index (κ1) is 16.5. The van der Waals surface area contributed by atoms with Gasteiger partial charge in [0, 0.05) is 0 Å². The van der Waals surface area contributed by atoms with Gasteiger partial charge in [-0.1, -0.05) is 0 Å². The fourth-order valence-corrected chi connectivity index (χ4v) is 3.68. The Labute approximate surface area is 121 Å². The second-order valence-corrected chi connectivity index (χ2v) is 6.89. The van der Waals surface area contributed by atoms with Gasteiger partial charge in [0.05, 0.1) is 17.4 Å². The lowest BCUT2D eigenvalue weighted by molar-refractivity contribution is -0.123. The Morgan fingerprint density at radius 1 is 0.955 bits per heavy atom. The van der Waals surface area contributed by atoms with Gasteiger partial charge in [-0.05, 0) is 6.42 Å². The lowest BCUT2D eigenvalue weighted by Gasteiger charge is -2.13. The van der Waals surface area contributed by atoms with Crippen molar-refractivity contribution in [3.8, 4) is 0 Å². The molecular weight excluding hydrogens is 335 g/mol. The Hall–Kier alpha value is -1.91. The van der Waals surface area contributed by atoms with Gasteiger partial charge in [-0.3, -0.25) is 15.6 Å². The van der Waals surface area contributed by atoms with Crippen molar-refractivity contribution >= 4 is 21.4 Å². The second-order valence-electron chi connectivity index (χ2n) is 4.66. The molecule has 1 atom stereocenters. The topological polar surface area (TPSA) is 75.3 Å². The molecule has 1 aromatic rings. The number of carbonyl (C=O) groups excluding carboxylic acids is 1. The average molecular weight is 344 g/mol. The monoisotopic (exact) mass is 344 g/mol. The summed E-state index contributed by atoms with van der Waals surface area (Å²) in [6, 6.07) is 0. The lowest BCUT2D eigenvalue weighted by atomic mass is 10.1. The maximum atomic E-state index is 13.3. The Bertz CT molecular complexity index is 709. The highest BCUT2D eigenvalue weighted by Gasteiger charge is 2.33. The third-order valence-corrected chi connectivity index (χ3v) is 4.89. The van der Waals surface area contributed by atoms with E-state index in [1.807, 2.05) is 0 Å². The molecule has 122 valence electrons. The molecular formula is C11H9F5N2O3S. The predicted molar refractivity (Wildman–Crippen MR) is 64.8 cm³/mol. The van der Waals surface area contributed by atoms with E-state index in [-0.39, 0.29) is 12.2 Å². The SMILES string of the molecule is O=C(NNc1c(F)c(F)c(F)c(F)c1F)[C@H]1CCS(=O)(=O)C1. The zero-order chi connectivity index (χ0) is 16.7. The predicted octanol–water partition coefficient (Wildman–Crippen LogP) is 1.26. The van der Waals surface area contributed by atoms with Crippen LogP contribution < -0.4 is 10.9 Å². The highest BCUT2D eigenvalue weighted by Crippen LogP contribution is 2.26. The number of hydrogen-bond acceptors (Lipinski definition) is 4. The summed E-state index contributed by atoms with van der Waals surface area (Å²) >= 11 is 0. The van der Waals surface area contributed by atoms with E-state index in [2.05, 4.69) is 0 Å². The smallest absolute Gasteiger partial charge is 0.242 e. The molecule has 1 aliphatic rings. The summed E-state index contributed by atoms with van der Waals surface area (Å²) in [6.07, 6.45) is 0.00690. The molecule has 0 aromatic heterocycles. The van der Waals surface area contributed by atoms with Gasteiger partial charge in [0.25, 0.3) is 0 Å². The van der Waals surface area contributed by atoms with Crippen LogP contribution in [0.15, 0.2) is 0 Å². The Kier molecular flexibility index (Phi) is 4.27. The number of hydrazine groups is 1. The maximum Gasteiger partial charge on any atom is 0.242 e. The van der Waals surface area contributed by atoms with Crippen LogP contribution in [0.25, 0.3) is 0 Å². The number of amides is 1. The molecule has 11 heteroatoms. The first-order valence-electron chi connectivity index (χ1n) is 5.91. The molecule has 5 nitrogen and oxygen atoms in total. The highest BCUT2D eigenvalue weighted by molar-refractivity contribution is 7.91. The average Bonchev–Trinajstić information content (AvgIpc) is 2.83. The summed E-state index contributed by atoms with van der Waals surface area (Å²) in [5, 5.41) is 0. The summed E-state index contributed by atoms with van der Waals surface area (Å²) in [6.45, 7) is 0. The van der Waals surface area contributed by atoms with Gasteiger partial charge in [0.15, 0.2) is 33.1 Å².